The van der Waals surface area contributed by atoms with E-state index < -0.39 is 0 Å². The van der Waals surface area contributed by atoms with Gasteiger partial charge in [-0.2, -0.15) is 0 Å². The average molecular weight is 211 g/mol. The molecule has 1 fully saturated rings. The lowest BCUT2D eigenvalue weighted by molar-refractivity contribution is 0.138. The predicted octanol–water partition coefficient (Wildman–Crippen LogP) is 4.11. The molecule has 0 amide bonds. The Morgan fingerprint density at radius 3 is 2.27 bits per heavy atom. The van der Waals surface area contributed by atoms with Crippen LogP contribution in [0.2, 0.25) is 0 Å². The maximum Gasteiger partial charge on any atom is -0.00205 e. The molecular weight excluding hydrogens is 182 g/mol. The first kappa shape index (κ1) is 13.0. The van der Waals surface area contributed by atoms with Crippen LogP contribution >= 0.6 is 0 Å². The van der Waals surface area contributed by atoms with Gasteiger partial charge in [0.05, 0.1) is 0 Å². The lowest BCUT2D eigenvalue weighted by atomic mass is 9.67. The standard InChI is InChI=1S/C14H29N/c1-3-5-6-13-7-10-14(12-15,9-4-2)11-8-13/h13H,3-12,15H2,1-2H3. The molecule has 1 heteroatoms. The van der Waals surface area contributed by atoms with Crippen molar-refractivity contribution in [2.75, 3.05) is 6.54 Å². The second-order valence-electron chi connectivity index (χ2n) is 5.54. The maximum absolute atomic E-state index is 5.97. The number of hydrogen-bond acceptors (Lipinski definition) is 1. The maximum atomic E-state index is 5.97. The Labute approximate surface area is 95.8 Å². The van der Waals surface area contributed by atoms with Crippen LogP contribution in [0, 0.1) is 11.3 Å². The quantitative estimate of drug-likeness (QED) is 0.703. The van der Waals surface area contributed by atoms with Gasteiger partial charge in [0.1, 0.15) is 0 Å². The van der Waals surface area contributed by atoms with E-state index in [1.54, 1.807) is 0 Å². The molecule has 1 aliphatic carbocycles. The Bertz CT molecular complexity index is 157. The van der Waals surface area contributed by atoms with Crippen LogP contribution in [-0.4, -0.2) is 6.54 Å². The molecule has 0 aliphatic heterocycles. The molecule has 1 saturated carbocycles. The molecule has 0 heterocycles. The van der Waals surface area contributed by atoms with Crippen LogP contribution in [0.1, 0.15) is 71.6 Å². The van der Waals surface area contributed by atoms with E-state index in [0.29, 0.717) is 5.41 Å². The van der Waals surface area contributed by atoms with Crippen molar-refractivity contribution in [3.8, 4) is 0 Å². The third-order valence-electron chi connectivity index (χ3n) is 4.35. The normalized spacial score (nSPS) is 31.8. The average Bonchev–Trinajstić information content (AvgIpc) is 2.29. The fraction of sp³-hybridized carbons (Fsp3) is 1.00. The van der Waals surface area contributed by atoms with Crippen molar-refractivity contribution >= 4 is 0 Å². The van der Waals surface area contributed by atoms with Gasteiger partial charge < -0.3 is 5.73 Å². The van der Waals surface area contributed by atoms with E-state index in [1.165, 1.54) is 57.8 Å². The smallest absolute Gasteiger partial charge is 0.00205 e. The molecule has 15 heavy (non-hydrogen) atoms. The summed E-state index contributed by atoms with van der Waals surface area (Å²) in [5.41, 5.74) is 6.50. The Balaban J connectivity index is 2.32. The van der Waals surface area contributed by atoms with E-state index >= 15 is 0 Å². The van der Waals surface area contributed by atoms with Crippen molar-refractivity contribution in [1.29, 1.82) is 0 Å². The first-order valence-electron chi connectivity index (χ1n) is 6.96. The van der Waals surface area contributed by atoms with Gasteiger partial charge in [0.2, 0.25) is 0 Å². The van der Waals surface area contributed by atoms with Crippen molar-refractivity contribution in [3.63, 3.8) is 0 Å². The second kappa shape index (κ2) is 6.52. The molecule has 1 rings (SSSR count). The molecule has 0 bridgehead atoms. The highest BCUT2D eigenvalue weighted by molar-refractivity contribution is 4.86. The Morgan fingerprint density at radius 1 is 1.13 bits per heavy atom. The highest BCUT2D eigenvalue weighted by Crippen LogP contribution is 2.42. The molecule has 0 aromatic heterocycles. The predicted molar refractivity (Wildman–Crippen MR) is 67.9 cm³/mol. The molecular formula is C14H29N. The third-order valence-corrected chi connectivity index (χ3v) is 4.35. The van der Waals surface area contributed by atoms with Crippen LogP contribution in [0.15, 0.2) is 0 Å². The van der Waals surface area contributed by atoms with Gasteiger partial charge in [0.15, 0.2) is 0 Å². The molecule has 0 aromatic carbocycles. The summed E-state index contributed by atoms with van der Waals surface area (Å²) in [4.78, 5) is 0. The molecule has 0 spiro atoms. The van der Waals surface area contributed by atoms with Crippen LogP contribution in [0.3, 0.4) is 0 Å². The zero-order valence-electron chi connectivity index (χ0n) is 10.7. The summed E-state index contributed by atoms with van der Waals surface area (Å²) in [5, 5.41) is 0. The summed E-state index contributed by atoms with van der Waals surface area (Å²) in [6.07, 6.45) is 12.6. The fourth-order valence-electron chi connectivity index (χ4n) is 3.16. The van der Waals surface area contributed by atoms with Crippen LogP contribution in [-0.2, 0) is 0 Å². The van der Waals surface area contributed by atoms with Crippen molar-refractivity contribution in [2.45, 2.75) is 71.6 Å². The van der Waals surface area contributed by atoms with Crippen LogP contribution in [0.25, 0.3) is 0 Å². The van der Waals surface area contributed by atoms with Gasteiger partial charge in [-0.25, -0.2) is 0 Å². The summed E-state index contributed by atoms with van der Waals surface area (Å²) < 4.78 is 0. The zero-order valence-corrected chi connectivity index (χ0v) is 10.7. The summed E-state index contributed by atoms with van der Waals surface area (Å²) in [6, 6.07) is 0. The first-order valence-corrected chi connectivity index (χ1v) is 6.96. The Kier molecular flexibility index (Phi) is 5.66. The number of unbranched alkanes of at least 4 members (excludes halogenated alkanes) is 1. The van der Waals surface area contributed by atoms with Crippen molar-refractivity contribution in [1.82, 2.24) is 0 Å². The van der Waals surface area contributed by atoms with Gasteiger partial charge in [-0.15, -0.1) is 0 Å². The molecule has 0 saturated heterocycles. The van der Waals surface area contributed by atoms with Gasteiger partial charge in [-0.05, 0) is 50.0 Å². The van der Waals surface area contributed by atoms with E-state index in [-0.39, 0.29) is 0 Å². The van der Waals surface area contributed by atoms with Crippen LogP contribution in [0.4, 0.5) is 0 Å². The van der Waals surface area contributed by atoms with Crippen molar-refractivity contribution < 1.29 is 0 Å². The molecule has 2 N–H and O–H groups in total. The lowest BCUT2D eigenvalue weighted by Gasteiger charge is -2.39. The van der Waals surface area contributed by atoms with Gasteiger partial charge in [0.25, 0.3) is 0 Å². The van der Waals surface area contributed by atoms with E-state index in [9.17, 15) is 0 Å². The van der Waals surface area contributed by atoms with Gasteiger partial charge >= 0.3 is 0 Å². The molecule has 0 unspecified atom stereocenters. The van der Waals surface area contributed by atoms with Crippen LogP contribution in [0.5, 0.6) is 0 Å². The molecule has 1 aliphatic rings. The second-order valence-corrected chi connectivity index (χ2v) is 5.54. The van der Waals surface area contributed by atoms with E-state index in [2.05, 4.69) is 13.8 Å². The Morgan fingerprint density at radius 2 is 1.80 bits per heavy atom. The van der Waals surface area contributed by atoms with Crippen molar-refractivity contribution in [3.05, 3.63) is 0 Å². The summed E-state index contributed by atoms with van der Waals surface area (Å²) in [5.74, 6) is 1.02. The summed E-state index contributed by atoms with van der Waals surface area (Å²) in [7, 11) is 0. The topological polar surface area (TPSA) is 26.0 Å². The van der Waals surface area contributed by atoms with Crippen LogP contribution < -0.4 is 5.73 Å². The largest absolute Gasteiger partial charge is 0.330 e. The van der Waals surface area contributed by atoms with E-state index in [1.807, 2.05) is 0 Å². The molecule has 0 atom stereocenters. The SMILES string of the molecule is CCCCC1CCC(CN)(CCC)CC1. The summed E-state index contributed by atoms with van der Waals surface area (Å²) in [6.45, 7) is 5.51. The Hall–Kier alpha value is -0.0400. The van der Waals surface area contributed by atoms with E-state index in [4.69, 9.17) is 5.73 Å². The highest BCUT2D eigenvalue weighted by atomic mass is 14.6. The van der Waals surface area contributed by atoms with Crippen molar-refractivity contribution in [2.24, 2.45) is 17.1 Å². The zero-order chi connectivity index (χ0) is 11.1. The highest BCUT2D eigenvalue weighted by Gasteiger charge is 2.32. The number of rotatable bonds is 6. The monoisotopic (exact) mass is 211 g/mol. The molecule has 1 nitrogen and oxygen atoms in total. The number of nitrogens with two attached hydrogens (primary N) is 1. The minimum absolute atomic E-state index is 0.525. The number of hydrogen-bond donors (Lipinski definition) is 1. The van der Waals surface area contributed by atoms with E-state index in [0.717, 1.165) is 12.5 Å². The summed E-state index contributed by atoms with van der Waals surface area (Å²) >= 11 is 0. The molecule has 90 valence electrons. The van der Waals surface area contributed by atoms with Gasteiger partial charge in [-0.1, -0.05) is 39.5 Å². The minimum atomic E-state index is 0.525. The minimum Gasteiger partial charge on any atom is -0.330 e. The fourth-order valence-corrected chi connectivity index (χ4v) is 3.16. The lowest BCUT2D eigenvalue weighted by Crippen LogP contribution is -2.34. The molecule has 0 aromatic rings. The third kappa shape index (κ3) is 3.79. The van der Waals surface area contributed by atoms with Gasteiger partial charge in [0, 0.05) is 0 Å². The van der Waals surface area contributed by atoms with Gasteiger partial charge in [-0.3, -0.25) is 0 Å². The molecule has 0 radical (unpaired) electrons. The first-order chi connectivity index (χ1) is 7.26.